The van der Waals surface area contributed by atoms with Crippen LogP contribution in [0.2, 0.25) is 0 Å². The summed E-state index contributed by atoms with van der Waals surface area (Å²) in [7, 11) is 0. The number of benzene rings is 8. The lowest BCUT2D eigenvalue weighted by atomic mass is 9.79. The summed E-state index contributed by atoms with van der Waals surface area (Å²) in [4.78, 5) is 5.30. The van der Waals surface area contributed by atoms with Crippen LogP contribution in [0.15, 0.2) is 193 Å². The van der Waals surface area contributed by atoms with Gasteiger partial charge in [0.05, 0.1) is 6.04 Å². The van der Waals surface area contributed by atoms with Crippen LogP contribution in [0.1, 0.15) is 80.2 Å². The summed E-state index contributed by atoms with van der Waals surface area (Å²) in [5.74, 6) is 0. The number of aryl methyl sites for hydroxylation is 3. The van der Waals surface area contributed by atoms with E-state index in [1.165, 1.54) is 122 Å². The van der Waals surface area contributed by atoms with Gasteiger partial charge >= 0.3 is 0 Å². The number of rotatable bonds is 4. The molecule has 0 fully saturated rings. The molecule has 1 atom stereocenters. The van der Waals surface area contributed by atoms with Crippen LogP contribution in [0.4, 0.5) is 22.7 Å². The molecule has 0 saturated heterocycles. The molecule has 0 amide bonds. The predicted octanol–water partition coefficient (Wildman–Crippen LogP) is 15.7. The highest BCUT2D eigenvalue weighted by atomic mass is 15.2. The van der Waals surface area contributed by atoms with E-state index in [1.54, 1.807) is 5.57 Å². The molecule has 2 heterocycles. The Labute approximate surface area is 406 Å². The number of nitrogens with zero attached hydrogens (tertiary/aromatic N) is 2. The summed E-state index contributed by atoms with van der Waals surface area (Å²) in [6.07, 6.45) is 24.6. The van der Waals surface area contributed by atoms with Crippen LogP contribution in [0.5, 0.6) is 0 Å². The van der Waals surface area contributed by atoms with Gasteiger partial charge in [-0.2, -0.15) is 0 Å². The lowest BCUT2D eigenvalue weighted by Gasteiger charge is -2.36. The van der Waals surface area contributed by atoms with Gasteiger partial charge in [0.2, 0.25) is 0 Å². The van der Waals surface area contributed by atoms with Crippen molar-refractivity contribution in [2.45, 2.75) is 83.1 Å². The van der Waals surface area contributed by atoms with E-state index in [0.717, 1.165) is 57.8 Å². The Morgan fingerprint density at radius 1 is 0.507 bits per heavy atom. The molecule has 0 radical (unpaired) electrons. The molecule has 2 aliphatic heterocycles. The van der Waals surface area contributed by atoms with Gasteiger partial charge in [-0.1, -0.05) is 166 Å². The highest BCUT2D eigenvalue weighted by Gasteiger charge is 2.39. The minimum absolute atomic E-state index is 0.0819. The van der Waals surface area contributed by atoms with Crippen LogP contribution in [-0.2, 0) is 24.7 Å². The molecular formula is C67H56N2. The lowest BCUT2D eigenvalue weighted by molar-refractivity contribution is 0.651. The van der Waals surface area contributed by atoms with Gasteiger partial charge in [0.15, 0.2) is 0 Å². The van der Waals surface area contributed by atoms with Crippen molar-refractivity contribution in [2.24, 2.45) is 0 Å². The Hall–Kier alpha value is -7.42. The Morgan fingerprint density at radius 3 is 1.99 bits per heavy atom. The van der Waals surface area contributed by atoms with E-state index in [-0.39, 0.29) is 11.5 Å². The second-order valence-corrected chi connectivity index (χ2v) is 20.7. The zero-order valence-corrected chi connectivity index (χ0v) is 39.7. The molecule has 0 aromatic heterocycles. The molecule has 69 heavy (non-hydrogen) atoms. The predicted molar refractivity (Wildman–Crippen MR) is 292 cm³/mol. The number of hydrogen-bond donors (Lipinski definition) is 0. The summed E-state index contributed by atoms with van der Waals surface area (Å²) < 4.78 is 0. The van der Waals surface area contributed by atoms with Gasteiger partial charge in [-0.25, -0.2) is 0 Å². The van der Waals surface area contributed by atoms with Crippen LogP contribution in [0.3, 0.4) is 0 Å². The first-order valence-corrected chi connectivity index (χ1v) is 25.6. The van der Waals surface area contributed by atoms with E-state index in [1.807, 2.05) is 0 Å². The Bertz CT molecular complexity index is 3710. The average Bonchev–Trinajstić information content (AvgIpc) is 3.50. The molecule has 0 saturated carbocycles. The molecule has 8 aromatic rings. The van der Waals surface area contributed by atoms with Crippen molar-refractivity contribution in [3.8, 4) is 22.3 Å². The van der Waals surface area contributed by atoms with Crippen molar-refractivity contribution in [3.05, 3.63) is 231 Å². The molecule has 2 nitrogen and oxygen atoms in total. The highest BCUT2D eigenvalue weighted by Crippen LogP contribution is 2.54. The van der Waals surface area contributed by atoms with Crippen molar-refractivity contribution in [2.75, 3.05) is 9.80 Å². The third-order valence-corrected chi connectivity index (χ3v) is 16.7. The third-order valence-electron chi connectivity index (χ3n) is 16.7. The fourth-order valence-electron chi connectivity index (χ4n) is 13.5. The van der Waals surface area contributed by atoms with Gasteiger partial charge in [-0.05, 0) is 193 Å². The topological polar surface area (TPSA) is 6.48 Å². The van der Waals surface area contributed by atoms with E-state index in [2.05, 4.69) is 212 Å². The minimum atomic E-state index is -0.0819. The number of para-hydroxylation sites is 3. The van der Waals surface area contributed by atoms with Gasteiger partial charge in [0.25, 0.3) is 0 Å². The van der Waals surface area contributed by atoms with Crippen molar-refractivity contribution < 1.29 is 0 Å². The first-order valence-electron chi connectivity index (χ1n) is 25.6. The largest absolute Gasteiger partial charge is 0.334 e. The number of hydrogen-bond acceptors (Lipinski definition) is 2. The van der Waals surface area contributed by atoms with E-state index < -0.39 is 0 Å². The zero-order valence-electron chi connectivity index (χ0n) is 39.7. The molecule has 0 spiro atoms. The SMILES string of the molecule is CC1(C)C2=C(CCC=C2)c2c(-c3c4c(c(-c5cccc6ccccc56)c5cc(N6c7ccccc7CCc7ccccc76)ccc35)=CCC(N3C5=C(CCC=C5)CCc5ccccc53)C=4)cccc21. The molecule has 0 N–H and O–H groups in total. The van der Waals surface area contributed by atoms with E-state index in [9.17, 15) is 0 Å². The molecular weight excluding hydrogens is 833 g/mol. The number of fused-ring (bicyclic) bond motifs is 8. The number of anilines is 4. The molecule has 4 aliphatic carbocycles. The standard InChI is InChI=1S/C67H56N2/c1-67(2)58-27-10-9-24-54(58)66-55(26-16-28-59(66)67)65-53-40-38-48(68-60-29-11-4-18-44(60)33-34-45-19-5-12-30-61(45)68)41-56(53)64(51-25-15-22-43-17-3-8-23-50(43)51)52-39-37-49(42-57(52)65)69-62-31-13-6-20-46(62)35-36-47-21-7-14-32-63(47)69/h3-6,8,10-20,22-23,25-32,38-42,49H,7,9,21,24,33-37H2,1-2H3. The van der Waals surface area contributed by atoms with Crippen molar-refractivity contribution in [1.82, 2.24) is 0 Å². The maximum Gasteiger partial charge on any atom is 0.0566 e. The Morgan fingerprint density at radius 2 is 1.16 bits per heavy atom. The third kappa shape index (κ3) is 6.24. The molecule has 2 heteroatoms. The van der Waals surface area contributed by atoms with Crippen LogP contribution in [0.25, 0.3) is 61.5 Å². The summed E-state index contributed by atoms with van der Waals surface area (Å²) in [5.41, 5.74) is 23.5. The van der Waals surface area contributed by atoms with E-state index >= 15 is 0 Å². The average molecular weight is 889 g/mol. The second-order valence-electron chi connectivity index (χ2n) is 20.7. The van der Waals surface area contributed by atoms with Crippen LogP contribution < -0.4 is 20.2 Å². The van der Waals surface area contributed by atoms with E-state index in [0.29, 0.717) is 0 Å². The van der Waals surface area contributed by atoms with Crippen LogP contribution in [0, 0.1) is 0 Å². The summed E-state index contributed by atoms with van der Waals surface area (Å²) in [5, 5.41) is 7.87. The van der Waals surface area contributed by atoms with Crippen molar-refractivity contribution in [1.29, 1.82) is 0 Å². The molecule has 8 aromatic carbocycles. The quantitative estimate of drug-likeness (QED) is 0.174. The fourth-order valence-corrected chi connectivity index (χ4v) is 13.5. The summed E-state index contributed by atoms with van der Waals surface area (Å²) in [6.45, 7) is 4.90. The van der Waals surface area contributed by atoms with Crippen molar-refractivity contribution in [3.63, 3.8) is 0 Å². The zero-order chi connectivity index (χ0) is 45.8. The minimum Gasteiger partial charge on any atom is -0.334 e. The lowest BCUT2D eigenvalue weighted by Crippen LogP contribution is -2.42. The van der Waals surface area contributed by atoms with Crippen molar-refractivity contribution >= 4 is 62.0 Å². The normalized spacial score (nSPS) is 18.6. The number of allylic oxidation sites excluding steroid dienone is 7. The first kappa shape index (κ1) is 40.6. The smallest absolute Gasteiger partial charge is 0.0566 e. The van der Waals surface area contributed by atoms with Gasteiger partial charge in [0, 0.05) is 33.9 Å². The highest BCUT2D eigenvalue weighted by molar-refractivity contribution is 6.13. The monoisotopic (exact) mass is 888 g/mol. The van der Waals surface area contributed by atoms with Gasteiger partial charge in [-0.3, -0.25) is 0 Å². The summed E-state index contributed by atoms with van der Waals surface area (Å²) in [6, 6.07) is 58.3. The molecule has 0 bridgehead atoms. The van der Waals surface area contributed by atoms with Crippen LogP contribution in [-0.4, -0.2) is 6.04 Å². The molecule has 14 rings (SSSR count). The van der Waals surface area contributed by atoms with Crippen LogP contribution >= 0.6 is 0 Å². The van der Waals surface area contributed by atoms with E-state index in [4.69, 9.17) is 0 Å². The molecule has 334 valence electrons. The van der Waals surface area contributed by atoms with Gasteiger partial charge in [-0.15, -0.1) is 0 Å². The maximum atomic E-state index is 2.74. The first-order chi connectivity index (χ1) is 34.0. The van der Waals surface area contributed by atoms with Gasteiger partial charge in [0.1, 0.15) is 0 Å². The second kappa shape index (κ2) is 15.8. The maximum absolute atomic E-state index is 2.74. The Balaban J connectivity index is 1.13. The molecule has 6 aliphatic rings. The Kier molecular flexibility index (Phi) is 9.32. The summed E-state index contributed by atoms with van der Waals surface area (Å²) >= 11 is 0. The fraction of sp³-hybridized carbons (Fsp3) is 0.194. The van der Waals surface area contributed by atoms with Gasteiger partial charge < -0.3 is 9.80 Å². The molecule has 1 unspecified atom stereocenters.